The number of nitrogens with two attached hydrogens (primary N) is 1. The molecule has 25 heavy (non-hydrogen) atoms. The van der Waals surface area contributed by atoms with Gasteiger partial charge in [-0.3, -0.25) is 14.7 Å². The van der Waals surface area contributed by atoms with E-state index >= 15 is 0 Å². The number of hydrogen-bond donors (Lipinski definition) is 1. The molecule has 0 bridgehead atoms. The number of carbonyl (C=O) groups is 1. The van der Waals surface area contributed by atoms with Crippen molar-refractivity contribution in [1.82, 2.24) is 14.8 Å². The van der Waals surface area contributed by atoms with Crippen LogP contribution in [0, 0.1) is 5.92 Å². The minimum Gasteiger partial charge on any atom is -0.497 e. The van der Waals surface area contributed by atoms with E-state index < -0.39 is 0 Å². The molecule has 138 valence electrons. The van der Waals surface area contributed by atoms with Crippen molar-refractivity contribution in [3.63, 3.8) is 0 Å². The van der Waals surface area contributed by atoms with Gasteiger partial charge in [0.1, 0.15) is 5.75 Å². The van der Waals surface area contributed by atoms with E-state index in [2.05, 4.69) is 9.88 Å². The van der Waals surface area contributed by atoms with Gasteiger partial charge in [0.2, 0.25) is 5.91 Å². The van der Waals surface area contributed by atoms with Gasteiger partial charge in [0.15, 0.2) is 0 Å². The Labute approximate surface area is 150 Å². The van der Waals surface area contributed by atoms with Gasteiger partial charge in [-0.2, -0.15) is 0 Å². The number of nitrogens with zero attached hydrogens (tertiary/aromatic N) is 3. The molecule has 0 unspecified atom stereocenters. The average Bonchev–Trinajstić information content (AvgIpc) is 3.36. The number of pyridine rings is 1. The van der Waals surface area contributed by atoms with Crippen molar-refractivity contribution in [3.05, 3.63) is 24.0 Å². The molecule has 0 spiro atoms. The van der Waals surface area contributed by atoms with Gasteiger partial charge in [-0.1, -0.05) is 0 Å². The minimum absolute atomic E-state index is 0.174. The van der Waals surface area contributed by atoms with Crippen molar-refractivity contribution in [2.45, 2.75) is 50.7 Å². The average molecular weight is 346 g/mol. The number of rotatable bonds is 8. The zero-order chi connectivity index (χ0) is 17.8. The summed E-state index contributed by atoms with van der Waals surface area (Å²) in [5.74, 6) is 1.76. The lowest BCUT2D eigenvalue weighted by atomic mass is 10.1. The molecule has 6 heteroatoms. The summed E-state index contributed by atoms with van der Waals surface area (Å²) in [4.78, 5) is 21.3. The number of likely N-dealkylation sites (tertiary alicyclic amines) is 1. The number of carbonyl (C=O) groups excluding carboxylic acids is 1. The highest BCUT2D eigenvalue weighted by Crippen LogP contribution is 2.35. The number of hydrogen-bond acceptors (Lipinski definition) is 5. The Morgan fingerprint density at radius 1 is 1.36 bits per heavy atom. The summed E-state index contributed by atoms with van der Waals surface area (Å²) >= 11 is 0. The number of amides is 1. The fourth-order valence-corrected chi connectivity index (χ4v) is 3.74. The second-order valence-electron chi connectivity index (χ2n) is 7.40. The third kappa shape index (κ3) is 4.70. The van der Waals surface area contributed by atoms with Gasteiger partial charge in [-0.25, -0.2) is 0 Å². The first-order valence-electron chi connectivity index (χ1n) is 9.29. The van der Waals surface area contributed by atoms with E-state index in [0.717, 1.165) is 36.7 Å². The van der Waals surface area contributed by atoms with Crippen LogP contribution in [-0.4, -0.2) is 60.0 Å². The van der Waals surface area contributed by atoms with Crippen LogP contribution < -0.4 is 10.5 Å². The van der Waals surface area contributed by atoms with Gasteiger partial charge in [-0.15, -0.1) is 0 Å². The molecule has 0 aromatic carbocycles. The van der Waals surface area contributed by atoms with Crippen LogP contribution in [0.2, 0.25) is 0 Å². The Kier molecular flexibility index (Phi) is 5.91. The third-order valence-electron chi connectivity index (χ3n) is 5.47. The first-order chi connectivity index (χ1) is 12.1. The Hall–Kier alpha value is -1.66. The first-order valence-corrected chi connectivity index (χ1v) is 9.29. The molecule has 6 nitrogen and oxygen atoms in total. The van der Waals surface area contributed by atoms with Crippen LogP contribution in [0.1, 0.15) is 37.8 Å². The van der Waals surface area contributed by atoms with E-state index in [9.17, 15) is 4.79 Å². The summed E-state index contributed by atoms with van der Waals surface area (Å²) in [5.41, 5.74) is 6.79. The molecule has 1 aromatic heterocycles. The van der Waals surface area contributed by atoms with Gasteiger partial charge in [-0.05, 0) is 37.7 Å². The lowest BCUT2D eigenvalue weighted by Crippen LogP contribution is -2.43. The molecule has 2 fully saturated rings. The Balaban J connectivity index is 1.56. The molecule has 3 rings (SSSR count). The van der Waals surface area contributed by atoms with Crippen LogP contribution in [0.4, 0.5) is 0 Å². The zero-order valence-electron chi connectivity index (χ0n) is 15.4. The Morgan fingerprint density at radius 2 is 2.12 bits per heavy atom. The fraction of sp³-hybridized carbons (Fsp3) is 0.684. The summed E-state index contributed by atoms with van der Waals surface area (Å²) in [6, 6.07) is 4.47. The summed E-state index contributed by atoms with van der Waals surface area (Å²) < 4.78 is 5.22. The van der Waals surface area contributed by atoms with Crippen molar-refractivity contribution in [2.24, 2.45) is 11.7 Å². The van der Waals surface area contributed by atoms with E-state index in [-0.39, 0.29) is 5.91 Å². The second-order valence-corrected chi connectivity index (χ2v) is 7.40. The predicted octanol–water partition coefficient (Wildman–Crippen LogP) is 1.64. The lowest BCUT2D eigenvalue weighted by Gasteiger charge is -2.30. The maximum Gasteiger partial charge on any atom is 0.224 e. The van der Waals surface area contributed by atoms with Crippen LogP contribution in [0.25, 0.3) is 0 Å². The molecule has 2 aliphatic rings. The molecule has 1 saturated carbocycles. The topological polar surface area (TPSA) is 71.7 Å². The highest BCUT2D eigenvalue weighted by atomic mass is 16.5. The van der Waals surface area contributed by atoms with Crippen LogP contribution in [0.5, 0.6) is 5.75 Å². The van der Waals surface area contributed by atoms with E-state index in [4.69, 9.17) is 10.5 Å². The Morgan fingerprint density at radius 3 is 2.80 bits per heavy atom. The van der Waals surface area contributed by atoms with E-state index in [1.807, 2.05) is 19.2 Å². The van der Waals surface area contributed by atoms with Crippen molar-refractivity contribution >= 4 is 5.91 Å². The quantitative estimate of drug-likeness (QED) is 0.775. The standard InChI is InChI=1S/C19H30N4O2/c1-22(13-15-9-18(25-2)7-8-21-15)19(24)10-16-5-6-17(11-20)23(16)12-14-3-4-14/h7-9,14,16-17H,3-6,10-13,20H2,1-2H3/t16-,17+/m0/s1. The van der Waals surface area contributed by atoms with Gasteiger partial charge < -0.3 is 15.4 Å². The van der Waals surface area contributed by atoms with Crippen molar-refractivity contribution in [1.29, 1.82) is 0 Å². The van der Waals surface area contributed by atoms with E-state index in [1.54, 1.807) is 18.2 Å². The van der Waals surface area contributed by atoms with E-state index in [1.165, 1.54) is 12.8 Å². The number of ether oxygens (including phenoxy) is 1. The highest BCUT2D eigenvalue weighted by molar-refractivity contribution is 5.76. The van der Waals surface area contributed by atoms with Crippen molar-refractivity contribution in [3.8, 4) is 5.75 Å². The SMILES string of the molecule is COc1ccnc(CN(C)C(=O)C[C@@H]2CC[C@H](CN)N2CC2CC2)c1. The molecule has 0 radical (unpaired) electrons. The van der Waals surface area contributed by atoms with Crippen LogP contribution >= 0.6 is 0 Å². The smallest absolute Gasteiger partial charge is 0.224 e. The zero-order valence-corrected chi connectivity index (χ0v) is 15.4. The minimum atomic E-state index is 0.174. The molecular formula is C19H30N4O2. The summed E-state index contributed by atoms with van der Waals surface area (Å²) in [6.45, 7) is 2.31. The summed E-state index contributed by atoms with van der Waals surface area (Å²) in [5, 5.41) is 0. The predicted molar refractivity (Wildman–Crippen MR) is 97.2 cm³/mol. The second kappa shape index (κ2) is 8.15. The number of methoxy groups -OCH3 is 1. The molecule has 1 saturated heterocycles. The van der Waals surface area contributed by atoms with Crippen molar-refractivity contribution < 1.29 is 9.53 Å². The highest BCUT2D eigenvalue weighted by Gasteiger charge is 2.37. The van der Waals surface area contributed by atoms with Crippen LogP contribution in [-0.2, 0) is 11.3 Å². The first kappa shape index (κ1) is 18.1. The van der Waals surface area contributed by atoms with Gasteiger partial charge >= 0.3 is 0 Å². The van der Waals surface area contributed by atoms with Gasteiger partial charge in [0.05, 0.1) is 19.3 Å². The number of aromatic nitrogens is 1. The van der Waals surface area contributed by atoms with Crippen LogP contribution in [0.3, 0.4) is 0 Å². The van der Waals surface area contributed by atoms with Gasteiger partial charge in [0.25, 0.3) is 0 Å². The molecule has 2 heterocycles. The Bertz CT molecular complexity index is 591. The van der Waals surface area contributed by atoms with Crippen molar-refractivity contribution in [2.75, 3.05) is 27.2 Å². The monoisotopic (exact) mass is 346 g/mol. The van der Waals surface area contributed by atoms with E-state index in [0.29, 0.717) is 31.6 Å². The maximum absolute atomic E-state index is 12.7. The third-order valence-corrected chi connectivity index (χ3v) is 5.47. The summed E-state index contributed by atoms with van der Waals surface area (Å²) in [7, 11) is 3.49. The normalized spacial score (nSPS) is 23.6. The van der Waals surface area contributed by atoms with Gasteiger partial charge in [0, 0.05) is 50.9 Å². The lowest BCUT2D eigenvalue weighted by molar-refractivity contribution is -0.131. The molecule has 1 amide bonds. The molecule has 2 atom stereocenters. The molecule has 1 aliphatic carbocycles. The largest absolute Gasteiger partial charge is 0.497 e. The molecule has 1 aliphatic heterocycles. The maximum atomic E-state index is 12.7. The molecule has 2 N–H and O–H groups in total. The fourth-order valence-electron chi connectivity index (χ4n) is 3.74. The molecule has 1 aromatic rings. The molecular weight excluding hydrogens is 316 g/mol. The van der Waals surface area contributed by atoms with Crippen LogP contribution in [0.15, 0.2) is 18.3 Å². The summed E-state index contributed by atoms with van der Waals surface area (Å²) in [6.07, 6.45) is 7.13.